The molecule has 0 atom stereocenters. The molecule has 1 spiro atoms. The van der Waals surface area contributed by atoms with Crippen molar-refractivity contribution in [1.82, 2.24) is 0 Å². The van der Waals surface area contributed by atoms with Crippen molar-refractivity contribution in [3.63, 3.8) is 0 Å². The summed E-state index contributed by atoms with van der Waals surface area (Å²) < 4.78 is 0. The Morgan fingerprint density at radius 2 is 2.11 bits per heavy atom. The highest BCUT2D eigenvalue weighted by molar-refractivity contribution is 6.07. The van der Waals surface area contributed by atoms with Crippen LogP contribution in [0.2, 0.25) is 0 Å². The van der Waals surface area contributed by atoms with Crippen molar-refractivity contribution in [2.75, 3.05) is 16.8 Å². The molecule has 1 saturated carbocycles. The summed E-state index contributed by atoms with van der Waals surface area (Å²) in [6, 6.07) is 5.29. The van der Waals surface area contributed by atoms with Crippen molar-refractivity contribution in [3.05, 3.63) is 18.2 Å². The zero-order chi connectivity index (χ0) is 12.8. The third-order valence-corrected chi connectivity index (χ3v) is 4.22. The Morgan fingerprint density at radius 3 is 2.78 bits per heavy atom. The molecule has 0 saturated heterocycles. The second-order valence-electron chi connectivity index (χ2n) is 5.11. The van der Waals surface area contributed by atoms with Gasteiger partial charge in [0.1, 0.15) is 17.0 Å². The lowest BCUT2D eigenvalue weighted by Crippen LogP contribution is -2.58. The molecule has 0 unspecified atom stereocenters. The molecule has 4 heteroatoms. The number of amides is 1. The average molecular weight is 246 g/mol. The minimum absolute atomic E-state index is 0.0833. The van der Waals surface area contributed by atoms with Crippen LogP contribution in [0.25, 0.3) is 0 Å². The number of likely N-dealkylation sites (N-methyl/N-ethyl adjacent to an activating group) is 1. The van der Waals surface area contributed by atoms with E-state index in [1.165, 1.54) is 0 Å². The fraction of sp³-hybridized carbons (Fsp3) is 0.500. The van der Waals surface area contributed by atoms with Crippen LogP contribution in [-0.4, -0.2) is 23.1 Å². The molecule has 3 rings (SSSR count). The van der Waals surface area contributed by atoms with Crippen LogP contribution in [0, 0.1) is 0 Å². The third-order valence-electron chi connectivity index (χ3n) is 4.22. The molecule has 96 valence electrons. The number of phenols is 1. The number of nitrogens with zero attached hydrogens (tertiary/aromatic N) is 1. The standard InChI is InChI=1S/C14H18N2O2/c1-2-16-12-10(6-5-7-11(12)17)15-13(18)14(16)8-3-4-9-14/h5-7,17H,2-4,8-9H2,1H3,(H,15,18). The number of fused-ring (bicyclic) bond motifs is 1. The molecule has 1 heterocycles. The summed E-state index contributed by atoms with van der Waals surface area (Å²) in [5, 5.41) is 13.1. The number of aromatic hydroxyl groups is 1. The van der Waals surface area contributed by atoms with Crippen LogP contribution in [0.4, 0.5) is 11.4 Å². The number of para-hydroxylation sites is 1. The van der Waals surface area contributed by atoms with Crippen LogP contribution in [0.3, 0.4) is 0 Å². The van der Waals surface area contributed by atoms with E-state index in [2.05, 4.69) is 10.2 Å². The number of carbonyl (C=O) groups is 1. The van der Waals surface area contributed by atoms with Gasteiger partial charge in [-0.3, -0.25) is 4.79 Å². The Bertz CT molecular complexity index is 493. The number of anilines is 2. The first-order valence-electron chi connectivity index (χ1n) is 6.60. The number of nitrogens with one attached hydrogen (secondary N) is 1. The highest BCUT2D eigenvalue weighted by atomic mass is 16.3. The molecule has 0 aromatic heterocycles. The van der Waals surface area contributed by atoms with Crippen molar-refractivity contribution < 1.29 is 9.90 Å². The molecule has 0 radical (unpaired) electrons. The molecule has 1 aromatic rings. The van der Waals surface area contributed by atoms with Gasteiger partial charge in [-0.15, -0.1) is 0 Å². The average Bonchev–Trinajstić information content (AvgIpc) is 2.83. The largest absolute Gasteiger partial charge is 0.506 e. The fourth-order valence-corrected chi connectivity index (χ4v) is 3.41. The van der Waals surface area contributed by atoms with Gasteiger partial charge < -0.3 is 15.3 Å². The second-order valence-corrected chi connectivity index (χ2v) is 5.11. The molecule has 1 amide bonds. The lowest BCUT2D eigenvalue weighted by molar-refractivity contribution is -0.121. The Hall–Kier alpha value is -1.71. The maximum absolute atomic E-state index is 12.4. The van der Waals surface area contributed by atoms with E-state index in [1.54, 1.807) is 12.1 Å². The summed E-state index contributed by atoms with van der Waals surface area (Å²) in [5.41, 5.74) is 1.06. The predicted molar refractivity (Wildman–Crippen MR) is 71.0 cm³/mol. The number of carbonyl (C=O) groups excluding carboxylic acids is 1. The van der Waals surface area contributed by atoms with E-state index < -0.39 is 5.54 Å². The Morgan fingerprint density at radius 1 is 1.39 bits per heavy atom. The van der Waals surface area contributed by atoms with Gasteiger partial charge in [-0.2, -0.15) is 0 Å². The normalized spacial score (nSPS) is 20.9. The summed E-state index contributed by atoms with van der Waals surface area (Å²) in [5.74, 6) is 0.334. The maximum Gasteiger partial charge on any atom is 0.250 e. The van der Waals surface area contributed by atoms with Gasteiger partial charge in [-0.05, 0) is 31.9 Å². The molecule has 1 aliphatic carbocycles. The number of phenolic OH excluding ortho intramolecular Hbond substituents is 1. The first-order valence-corrected chi connectivity index (χ1v) is 6.60. The topological polar surface area (TPSA) is 52.6 Å². The predicted octanol–water partition coefficient (Wildman–Crippen LogP) is 2.48. The maximum atomic E-state index is 12.4. The van der Waals surface area contributed by atoms with Crippen LogP contribution < -0.4 is 10.2 Å². The molecule has 2 N–H and O–H groups in total. The SMILES string of the molecule is CCN1c2c(O)cccc2NC(=O)C12CCCC2. The monoisotopic (exact) mass is 246 g/mol. The summed E-state index contributed by atoms with van der Waals surface area (Å²) in [7, 11) is 0. The van der Waals surface area contributed by atoms with Gasteiger partial charge in [0.15, 0.2) is 0 Å². The molecule has 1 fully saturated rings. The van der Waals surface area contributed by atoms with E-state index in [0.29, 0.717) is 0 Å². The Kier molecular flexibility index (Phi) is 2.47. The first kappa shape index (κ1) is 11.4. The van der Waals surface area contributed by atoms with Gasteiger partial charge in [0.05, 0.1) is 5.69 Å². The highest BCUT2D eigenvalue weighted by Gasteiger charge is 2.49. The van der Waals surface area contributed by atoms with Gasteiger partial charge in [0.2, 0.25) is 5.91 Å². The van der Waals surface area contributed by atoms with E-state index in [0.717, 1.165) is 43.6 Å². The van der Waals surface area contributed by atoms with Crippen LogP contribution >= 0.6 is 0 Å². The van der Waals surface area contributed by atoms with Crippen molar-refractivity contribution in [3.8, 4) is 5.75 Å². The molecular formula is C14H18N2O2. The van der Waals surface area contributed by atoms with Gasteiger partial charge >= 0.3 is 0 Å². The summed E-state index contributed by atoms with van der Waals surface area (Å²) in [6.07, 6.45) is 3.90. The summed E-state index contributed by atoms with van der Waals surface area (Å²) in [4.78, 5) is 14.5. The van der Waals surface area contributed by atoms with Crippen molar-refractivity contribution in [1.29, 1.82) is 0 Å². The minimum atomic E-state index is -0.444. The third kappa shape index (κ3) is 1.35. The first-order chi connectivity index (χ1) is 8.69. The zero-order valence-electron chi connectivity index (χ0n) is 10.6. The van der Waals surface area contributed by atoms with Crippen molar-refractivity contribution >= 4 is 17.3 Å². The zero-order valence-corrected chi connectivity index (χ0v) is 10.6. The molecule has 4 nitrogen and oxygen atoms in total. The number of benzene rings is 1. The highest BCUT2D eigenvalue weighted by Crippen LogP contribution is 2.48. The van der Waals surface area contributed by atoms with Gasteiger partial charge in [-0.1, -0.05) is 18.9 Å². The van der Waals surface area contributed by atoms with Crippen LogP contribution in [0.15, 0.2) is 18.2 Å². The summed E-state index contributed by atoms with van der Waals surface area (Å²) in [6.45, 7) is 2.77. The molecular weight excluding hydrogens is 228 g/mol. The lowest BCUT2D eigenvalue weighted by atomic mass is 9.90. The van der Waals surface area contributed by atoms with Crippen LogP contribution in [0.5, 0.6) is 5.75 Å². The Balaban J connectivity index is 2.17. The molecule has 0 bridgehead atoms. The summed E-state index contributed by atoms with van der Waals surface area (Å²) >= 11 is 0. The molecule has 2 aliphatic rings. The minimum Gasteiger partial charge on any atom is -0.506 e. The number of hydrogen-bond acceptors (Lipinski definition) is 3. The number of hydrogen-bond donors (Lipinski definition) is 2. The molecule has 1 aliphatic heterocycles. The fourth-order valence-electron chi connectivity index (χ4n) is 3.41. The van der Waals surface area contributed by atoms with Crippen molar-refractivity contribution in [2.24, 2.45) is 0 Å². The van der Waals surface area contributed by atoms with Gasteiger partial charge in [0.25, 0.3) is 0 Å². The quantitative estimate of drug-likeness (QED) is 0.800. The lowest BCUT2D eigenvalue weighted by Gasteiger charge is -2.45. The molecule has 18 heavy (non-hydrogen) atoms. The van der Waals surface area contributed by atoms with E-state index in [9.17, 15) is 9.90 Å². The Labute approximate surface area is 107 Å². The molecule has 1 aromatic carbocycles. The number of rotatable bonds is 1. The van der Waals surface area contributed by atoms with Gasteiger partial charge in [0, 0.05) is 6.54 Å². The van der Waals surface area contributed by atoms with E-state index in [4.69, 9.17) is 0 Å². The van der Waals surface area contributed by atoms with Crippen LogP contribution in [-0.2, 0) is 4.79 Å². The smallest absolute Gasteiger partial charge is 0.250 e. The van der Waals surface area contributed by atoms with Gasteiger partial charge in [-0.25, -0.2) is 0 Å². The van der Waals surface area contributed by atoms with E-state index in [-0.39, 0.29) is 11.7 Å². The second kappa shape index (κ2) is 3.90. The van der Waals surface area contributed by atoms with Crippen molar-refractivity contribution in [2.45, 2.75) is 38.1 Å². The van der Waals surface area contributed by atoms with Crippen LogP contribution in [0.1, 0.15) is 32.6 Å². The van der Waals surface area contributed by atoms with E-state index >= 15 is 0 Å². The van der Waals surface area contributed by atoms with E-state index in [1.807, 2.05) is 13.0 Å².